The lowest BCUT2D eigenvalue weighted by Crippen LogP contribution is -2.42. The second-order valence-corrected chi connectivity index (χ2v) is 8.81. The Morgan fingerprint density at radius 1 is 1.17 bits per heavy atom. The van der Waals surface area contributed by atoms with Gasteiger partial charge in [-0.05, 0) is 82.0 Å². The molecule has 1 aliphatic rings. The van der Waals surface area contributed by atoms with Crippen LogP contribution in [0.25, 0.3) is 27.8 Å². The van der Waals surface area contributed by atoms with E-state index in [1.54, 1.807) is 6.33 Å². The molecule has 1 unspecified atom stereocenters. The molecule has 156 valence electrons. The minimum Gasteiger partial charge on any atom is -0.306 e. The lowest BCUT2D eigenvalue weighted by Gasteiger charge is -2.35. The van der Waals surface area contributed by atoms with Gasteiger partial charge < -0.3 is 4.98 Å². The Morgan fingerprint density at radius 3 is 2.80 bits per heavy atom. The summed E-state index contributed by atoms with van der Waals surface area (Å²) < 4.78 is 3.79. The number of H-pyrrole nitrogens is 1. The molecule has 0 bridgehead atoms. The monoisotopic (exact) mass is 404 g/mol. The van der Waals surface area contributed by atoms with Gasteiger partial charge in [0.2, 0.25) is 0 Å². The number of hydrogen-bond acceptors (Lipinski definition) is 4. The minimum atomic E-state index is -0.0138. The van der Waals surface area contributed by atoms with Crippen molar-refractivity contribution >= 4 is 16.7 Å². The zero-order chi connectivity index (χ0) is 21.0. The fourth-order valence-corrected chi connectivity index (χ4v) is 4.85. The minimum absolute atomic E-state index is 0.0138. The number of nitrogens with zero attached hydrogens (tertiary/aromatic N) is 5. The van der Waals surface area contributed by atoms with Gasteiger partial charge >= 0.3 is 5.69 Å². The van der Waals surface area contributed by atoms with E-state index >= 15 is 0 Å². The first kappa shape index (κ1) is 19.1. The van der Waals surface area contributed by atoms with Crippen LogP contribution in [0.1, 0.15) is 43.9 Å². The third-order valence-corrected chi connectivity index (χ3v) is 6.46. The number of imidazole rings is 1. The average Bonchev–Trinajstić information content (AvgIpc) is 3.31. The van der Waals surface area contributed by atoms with Gasteiger partial charge in [0.15, 0.2) is 5.65 Å². The number of likely N-dealkylation sites (tertiary alicyclic amines) is 1. The lowest BCUT2D eigenvalue weighted by atomic mass is 9.99. The number of piperidine rings is 1. The molecule has 1 aromatic carbocycles. The van der Waals surface area contributed by atoms with E-state index < -0.39 is 0 Å². The second kappa shape index (κ2) is 7.09. The zero-order valence-corrected chi connectivity index (χ0v) is 18.0. The summed E-state index contributed by atoms with van der Waals surface area (Å²) in [6.45, 7) is 10.6. The van der Waals surface area contributed by atoms with Crippen LogP contribution in [0.5, 0.6) is 0 Å². The van der Waals surface area contributed by atoms with Crippen molar-refractivity contribution in [1.82, 2.24) is 29.0 Å². The molecule has 1 atom stereocenters. The summed E-state index contributed by atoms with van der Waals surface area (Å²) in [5.41, 5.74) is 7.13. The molecule has 0 saturated carbocycles. The standard InChI is InChI=1S/C23H28N6O/c1-14(2)27-7-5-6-18(12-27)29-21-9-15(3)19(10-20(21)26-23(29)30)17-8-16(4)22-24-13-25-28(22)11-17/h8-11,13-14,18H,5-7,12H2,1-4H3,(H,26,30). The predicted molar refractivity (Wildman–Crippen MR) is 119 cm³/mol. The van der Waals surface area contributed by atoms with Crippen LogP contribution in [-0.2, 0) is 0 Å². The molecule has 3 aromatic heterocycles. The highest BCUT2D eigenvalue weighted by atomic mass is 16.1. The molecular formula is C23H28N6O. The quantitative estimate of drug-likeness (QED) is 0.565. The molecule has 0 aliphatic carbocycles. The van der Waals surface area contributed by atoms with Gasteiger partial charge in [-0.3, -0.25) is 9.47 Å². The second-order valence-electron chi connectivity index (χ2n) is 8.81. The smallest absolute Gasteiger partial charge is 0.306 e. The van der Waals surface area contributed by atoms with Gasteiger partial charge in [-0.1, -0.05) is 0 Å². The molecule has 4 aromatic rings. The maximum absolute atomic E-state index is 12.9. The van der Waals surface area contributed by atoms with Gasteiger partial charge in [0.05, 0.1) is 17.1 Å². The summed E-state index contributed by atoms with van der Waals surface area (Å²) in [6, 6.07) is 7.09. The maximum Gasteiger partial charge on any atom is 0.326 e. The number of fused-ring (bicyclic) bond motifs is 2. The summed E-state index contributed by atoms with van der Waals surface area (Å²) in [7, 11) is 0. The summed E-state index contributed by atoms with van der Waals surface area (Å²) in [6.07, 6.45) is 5.74. The topological polar surface area (TPSA) is 71.2 Å². The van der Waals surface area contributed by atoms with Crippen molar-refractivity contribution < 1.29 is 0 Å². The Balaban J connectivity index is 1.61. The third kappa shape index (κ3) is 3.04. The van der Waals surface area contributed by atoms with Crippen LogP contribution in [-0.4, -0.2) is 48.2 Å². The highest BCUT2D eigenvalue weighted by molar-refractivity contribution is 5.84. The Morgan fingerprint density at radius 2 is 2.00 bits per heavy atom. The van der Waals surface area contributed by atoms with Crippen LogP contribution >= 0.6 is 0 Å². The number of nitrogens with one attached hydrogen (secondary N) is 1. The number of rotatable bonds is 3. The summed E-state index contributed by atoms with van der Waals surface area (Å²) in [5.74, 6) is 0. The van der Waals surface area contributed by atoms with Gasteiger partial charge in [0.25, 0.3) is 0 Å². The van der Waals surface area contributed by atoms with Crippen molar-refractivity contribution in [1.29, 1.82) is 0 Å². The van der Waals surface area contributed by atoms with Gasteiger partial charge in [0.1, 0.15) is 6.33 Å². The maximum atomic E-state index is 12.9. The molecule has 1 N–H and O–H groups in total. The SMILES string of the molecule is Cc1cc2c(cc1-c1cc(C)c3ncnn3c1)[nH]c(=O)n2C1CCCN(C(C)C)C1. The van der Waals surface area contributed by atoms with Gasteiger partial charge in [-0.2, -0.15) is 5.10 Å². The van der Waals surface area contributed by atoms with Crippen molar-refractivity contribution in [2.24, 2.45) is 0 Å². The van der Waals surface area contributed by atoms with Gasteiger partial charge in [-0.15, -0.1) is 0 Å². The van der Waals surface area contributed by atoms with E-state index in [0.29, 0.717) is 6.04 Å². The molecule has 30 heavy (non-hydrogen) atoms. The van der Waals surface area contributed by atoms with E-state index in [1.165, 1.54) is 0 Å². The van der Waals surface area contributed by atoms with Crippen LogP contribution in [0.4, 0.5) is 0 Å². The van der Waals surface area contributed by atoms with Crippen LogP contribution < -0.4 is 5.69 Å². The molecule has 7 heteroatoms. The van der Waals surface area contributed by atoms with Gasteiger partial charge in [0, 0.05) is 24.3 Å². The van der Waals surface area contributed by atoms with Crippen LogP contribution in [0.2, 0.25) is 0 Å². The molecular weight excluding hydrogens is 376 g/mol. The van der Waals surface area contributed by atoms with Crippen LogP contribution in [0, 0.1) is 13.8 Å². The largest absolute Gasteiger partial charge is 0.326 e. The molecule has 0 spiro atoms. The normalized spacial score (nSPS) is 18.1. The summed E-state index contributed by atoms with van der Waals surface area (Å²) in [4.78, 5) is 22.8. The Kier molecular flexibility index (Phi) is 4.50. The first-order valence-corrected chi connectivity index (χ1v) is 10.7. The lowest BCUT2D eigenvalue weighted by molar-refractivity contribution is 0.143. The molecule has 0 radical (unpaired) electrons. The third-order valence-electron chi connectivity index (χ3n) is 6.46. The Hall–Kier alpha value is -2.93. The van der Waals surface area contributed by atoms with Crippen molar-refractivity contribution in [3.63, 3.8) is 0 Å². The van der Waals surface area contributed by atoms with E-state index in [4.69, 9.17) is 0 Å². The molecule has 1 saturated heterocycles. The fraction of sp³-hybridized carbons (Fsp3) is 0.435. The Bertz CT molecular complexity index is 1290. The van der Waals surface area contributed by atoms with Crippen LogP contribution in [0.15, 0.2) is 35.5 Å². The first-order chi connectivity index (χ1) is 14.4. The van der Waals surface area contributed by atoms with E-state index in [2.05, 4.69) is 58.9 Å². The van der Waals surface area contributed by atoms with E-state index in [1.807, 2.05) is 22.2 Å². The first-order valence-electron chi connectivity index (χ1n) is 10.7. The van der Waals surface area contributed by atoms with Crippen molar-refractivity contribution in [3.8, 4) is 11.1 Å². The van der Waals surface area contributed by atoms with Crippen molar-refractivity contribution in [3.05, 3.63) is 52.3 Å². The molecule has 1 fully saturated rings. The number of pyridine rings is 1. The number of aryl methyl sites for hydroxylation is 2. The number of aromatic amines is 1. The van der Waals surface area contributed by atoms with E-state index in [-0.39, 0.29) is 11.7 Å². The summed E-state index contributed by atoms with van der Waals surface area (Å²) in [5, 5.41) is 4.30. The highest BCUT2D eigenvalue weighted by Gasteiger charge is 2.26. The van der Waals surface area contributed by atoms with Crippen molar-refractivity contribution in [2.75, 3.05) is 13.1 Å². The van der Waals surface area contributed by atoms with Crippen LogP contribution in [0.3, 0.4) is 0 Å². The molecule has 7 nitrogen and oxygen atoms in total. The molecule has 0 amide bonds. The Labute approximate surface area is 175 Å². The zero-order valence-electron chi connectivity index (χ0n) is 18.0. The predicted octanol–water partition coefficient (Wildman–Crippen LogP) is 3.70. The highest BCUT2D eigenvalue weighted by Crippen LogP contribution is 2.31. The summed E-state index contributed by atoms with van der Waals surface area (Å²) >= 11 is 0. The number of aromatic nitrogens is 5. The van der Waals surface area contributed by atoms with E-state index in [0.717, 1.165) is 64.9 Å². The fourth-order valence-electron chi connectivity index (χ4n) is 4.85. The molecule has 5 rings (SSSR count). The van der Waals surface area contributed by atoms with Crippen molar-refractivity contribution in [2.45, 2.75) is 52.6 Å². The molecule has 4 heterocycles. The average molecular weight is 405 g/mol. The van der Waals surface area contributed by atoms with E-state index in [9.17, 15) is 4.79 Å². The number of hydrogen-bond donors (Lipinski definition) is 1. The molecule has 1 aliphatic heterocycles. The van der Waals surface area contributed by atoms with Gasteiger partial charge in [-0.25, -0.2) is 14.3 Å². The number of benzene rings is 1.